The van der Waals surface area contributed by atoms with Crippen LogP contribution in [0.3, 0.4) is 0 Å². The van der Waals surface area contributed by atoms with Crippen LogP contribution in [0.1, 0.15) is 11.5 Å². The van der Waals surface area contributed by atoms with E-state index in [-0.39, 0.29) is 18.3 Å². The molecule has 2 rings (SSSR count). The van der Waals surface area contributed by atoms with Gasteiger partial charge in [-0.3, -0.25) is 0 Å². The van der Waals surface area contributed by atoms with Gasteiger partial charge in [0, 0.05) is 11.5 Å². The number of aliphatic hydroxyl groups excluding tert-OH is 1. The second-order valence-corrected chi connectivity index (χ2v) is 2.85. The fourth-order valence-electron chi connectivity index (χ4n) is 1.42. The third kappa shape index (κ3) is 0.975. The van der Waals surface area contributed by atoms with Crippen molar-refractivity contribution >= 4 is 0 Å². The van der Waals surface area contributed by atoms with Crippen molar-refractivity contribution in [1.82, 2.24) is 0 Å². The average Bonchev–Trinajstić information content (AvgIpc) is 2.49. The number of fused-ring (bicyclic) bond motifs is 1. The molecule has 1 heterocycles. The van der Waals surface area contributed by atoms with E-state index >= 15 is 0 Å². The summed E-state index contributed by atoms with van der Waals surface area (Å²) >= 11 is 0. The lowest BCUT2D eigenvalue weighted by molar-refractivity contribution is 0.230. The van der Waals surface area contributed by atoms with E-state index in [1.165, 1.54) is 6.07 Å². The van der Waals surface area contributed by atoms with Crippen LogP contribution in [-0.4, -0.2) is 18.3 Å². The lowest BCUT2D eigenvalue weighted by Crippen LogP contribution is -2.04. The first kappa shape index (κ1) is 7.55. The molecule has 1 aliphatic heterocycles. The van der Waals surface area contributed by atoms with E-state index in [0.29, 0.717) is 12.4 Å². The van der Waals surface area contributed by atoms with Crippen molar-refractivity contribution in [2.45, 2.75) is 5.92 Å². The Morgan fingerprint density at radius 2 is 2.42 bits per heavy atom. The van der Waals surface area contributed by atoms with Crippen molar-refractivity contribution in [3.63, 3.8) is 0 Å². The molecule has 0 aromatic heterocycles. The minimum Gasteiger partial charge on any atom is -0.489 e. The van der Waals surface area contributed by atoms with Crippen molar-refractivity contribution in [2.75, 3.05) is 13.2 Å². The van der Waals surface area contributed by atoms with E-state index in [9.17, 15) is 4.39 Å². The number of para-hydroxylation sites is 1. The first-order valence-electron chi connectivity index (χ1n) is 3.85. The number of benzene rings is 1. The van der Waals surface area contributed by atoms with Crippen molar-refractivity contribution < 1.29 is 14.2 Å². The quantitative estimate of drug-likeness (QED) is 0.684. The average molecular weight is 168 g/mol. The van der Waals surface area contributed by atoms with Gasteiger partial charge in [0.1, 0.15) is 0 Å². The molecular weight excluding hydrogens is 159 g/mol. The van der Waals surface area contributed by atoms with Gasteiger partial charge in [-0.1, -0.05) is 12.1 Å². The number of ether oxygens (including phenoxy) is 1. The maximum absolute atomic E-state index is 13.0. The Labute approximate surface area is 69.6 Å². The maximum atomic E-state index is 13.0. The van der Waals surface area contributed by atoms with E-state index in [1.54, 1.807) is 12.1 Å². The summed E-state index contributed by atoms with van der Waals surface area (Å²) < 4.78 is 18.1. The van der Waals surface area contributed by atoms with E-state index < -0.39 is 0 Å². The highest BCUT2D eigenvalue weighted by atomic mass is 19.1. The number of rotatable bonds is 1. The molecule has 1 aliphatic rings. The van der Waals surface area contributed by atoms with Crippen molar-refractivity contribution in [1.29, 1.82) is 0 Å². The van der Waals surface area contributed by atoms with Crippen LogP contribution >= 0.6 is 0 Å². The standard InChI is InChI=1S/C9H9FO2/c10-8-3-1-2-7-6(4-11)5-12-9(7)8/h1-3,6,11H,4-5H2/t6-/m1/s1. The van der Waals surface area contributed by atoms with Gasteiger partial charge in [-0.15, -0.1) is 0 Å². The van der Waals surface area contributed by atoms with Gasteiger partial charge < -0.3 is 9.84 Å². The molecular formula is C9H9FO2. The zero-order valence-corrected chi connectivity index (χ0v) is 6.46. The number of hydrogen-bond acceptors (Lipinski definition) is 2. The smallest absolute Gasteiger partial charge is 0.165 e. The molecule has 0 fully saturated rings. The second-order valence-electron chi connectivity index (χ2n) is 2.85. The second kappa shape index (κ2) is 2.75. The molecule has 1 aromatic carbocycles. The maximum Gasteiger partial charge on any atom is 0.165 e. The first-order valence-corrected chi connectivity index (χ1v) is 3.85. The predicted octanol–water partition coefficient (Wildman–Crippen LogP) is 1.29. The SMILES string of the molecule is OC[C@@H]1COc2c(F)cccc21. The van der Waals surface area contributed by atoms with Crippen LogP contribution in [-0.2, 0) is 0 Å². The van der Waals surface area contributed by atoms with E-state index in [1.807, 2.05) is 0 Å². The summed E-state index contributed by atoms with van der Waals surface area (Å²) in [5.41, 5.74) is 0.775. The van der Waals surface area contributed by atoms with Gasteiger partial charge in [-0.25, -0.2) is 4.39 Å². The summed E-state index contributed by atoms with van der Waals surface area (Å²) in [5.74, 6) is -0.101. The molecule has 1 N–H and O–H groups in total. The molecule has 0 saturated carbocycles. The van der Waals surface area contributed by atoms with Gasteiger partial charge in [0.15, 0.2) is 11.6 Å². The minimum atomic E-state index is -0.344. The lowest BCUT2D eigenvalue weighted by Gasteiger charge is -2.02. The van der Waals surface area contributed by atoms with Crippen LogP contribution < -0.4 is 4.74 Å². The van der Waals surface area contributed by atoms with Crippen LogP contribution in [0, 0.1) is 5.82 Å². The van der Waals surface area contributed by atoms with Crippen LogP contribution in [0.25, 0.3) is 0 Å². The molecule has 0 radical (unpaired) electrons. The highest BCUT2D eigenvalue weighted by Crippen LogP contribution is 2.35. The van der Waals surface area contributed by atoms with Crippen molar-refractivity contribution in [3.05, 3.63) is 29.6 Å². The van der Waals surface area contributed by atoms with Crippen molar-refractivity contribution in [2.24, 2.45) is 0 Å². The fourth-order valence-corrected chi connectivity index (χ4v) is 1.42. The first-order chi connectivity index (χ1) is 5.83. The summed E-state index contributed by atoms with van der Waals surface area (Å²) in [6.07, 6.45) is 0. The normalized spacial score (nSPS) is 20.3. The highest BCUT2D eigenvalue weighted by molar-refractivity contribution is 5.40. The third-order valence-corrected chi connectivity index (χ3v) is 2.09. The Morgan fingerprint density at radius 3 is 3.17 bits per heavy atom. The monoisotopic (exact) mass is 168 g/mol. The molecule has 0 spiro atoms. The van der Waals surface area contributed by atoms with Gasteiger partial charge in [0.05, 0.1) is 13.2 Å². The molecule has 1 aromatic rings. The zero-order chi connectivity index (χ0) is 8.55. The Balaban J connectivity index is 2.46. The molecule has 12 heavy (non-hydrogen) atoms. The van der Waals surface area contributed by atoms with Gasteiger partial charge in [0.2, 0.25) is 0 Å². The van der Waals surface area contributed by atoms with Crippen LogP contribution in [0.2, 0.25) is 0 Å². The summed E-state index contributed by atoms with van der Waals surface area (Å²) in [5, 5.41) is 8.90. The Hall–Kier alpha value is -1.09. The van der Waals surface area contributed by atoms with E-state index in [4.69, 9.17) is 9.84 Å². The number of aliphatic hydroxyl groups is 1. The van der Waals surface area contributed by atoms with Crippen molar-refractivity contribution in [3.8, 4) is 5.75 Å². The molecule has 0 bridgehead atoms. The summed E-state index contributed by atoms with van der Waals surface area (Å²) in [7, 11) is 0. The Kier molecular flexibility index (Phi) is 1.73. The largest absolute Gasteiger partial charge is 0.489 e. The van der Waals surface area contributed by atoms with E-state index in [2.05, 4.69) is 0 Å². The Bertz CT molecular complexity index is 299. The molecule has 1 atom stereocenters. The summed E-state index contributed by atoms with van der Waals surface area (Å²) in [6, 6.07) is 4.77. The topological polar surface area (TPSA) is 29.5 Å². The predicted molar refractivity (Wildman–Crippen MR) is 41.7 cm³/mol. The zero-order valence-electron chi connectivity index (χ0n) is 6.46. The molecule has 64 valence electrons. The fraction of sp³-hybridized carbons (Fsp3) is 0.333. The van der Waals surface area contributed by atoms with Gasteiger partial charge in [-0.2, -0.15) is 0 Å². The van der Waals surface area contributed by atoms with Crippen LogP contribution in [0.15, 0.2) is 18.2 Å². The minimum absolute atomic E-state index is 0.0104. The molecule has 0 saturated heterocycles. The number of hydrogen-bond donors (Lipinski definition) is 1. The lowest BCUT2D eigenvalue weighted by atomic mass is 10.0. The molecule has 0 amide bonds. The molecule has 2 nitrogen and oxygen atoms in total. The molecule has 0 aliphatic carbocycles. The van der Waals surface area contributed by atoms with Crippen LogP contribution in [0.5, 0.6) is 5.75 Å². The van der Waals surface area contributed by atoms with Gasteiger partial charge >= 0.3 is 0 Å². The molecule has 0 unspecified atom stereocenters. The van der Waals surface area contributed by atoms with Gasteiger partial charge in [-0.05, 0) is 6.07 Å². The summed E-state index contributed by atoms with van der Waals surface area (Å²) in [6.45, 7) is 0.392. The molecule has 3 heteroatoms. The third-order valence-electron chi connectivity index (χ3n) is 2.09. The summed E-state index contributed by atoms with van der Waals surface area (Å²) in [4.78, 5) is 0. The van der Waals surface area contributed by atoms with E-state index in [0.717, 1.165) is 5.56 Å². The Morgan fingerprint density at radius 1 is 1.58 bits per heavy atom. The highest BCUT2D eigenvalue weighted by Gasteiger charge is 2.25. The van der Waals surface area contributed by atoms with Crippen LogP contribution in [0.4, 0.5) is 4.39 Å². The van der Waals surface area contributed by atoms with Gasteiger partial charge in [0.25, 0.3) is 0 Å². The number of halogens is 1.